The van der Waals surface area contributed by atoms with Crippen LogP contribution in [-0.4, -0.2) is 25.8 Å². The van der Waals surface area contributed by atoms with Gasteiger partial charge >= 0.3 is 0 Å². The number of anilines is 1. The Hall–Kier alpha value is -2.14. The number of nitrogens with two attached hydrogens (primary N) is 1. The van der Waals surface area contributed by atoms with Crippen molar-refractivity contribution in [1.29, 1.82) is 5.41 Å². The van der Waals surface area contributed by atoms with E-state index in [9.17, 15) is 4.79 Å². The molecule has 96 valence electrons. The lowest BCUT2D eigenvalue weighted by Gasteiger charge is -2.06. The van der Waals surface area contributed by atoms with Crippen molar-refractivity contribution in [1.82, 2.24) is 0 Å². The minimum atomic E-state index is -0.0902. The van der Waals surface area contributed by atoms with Crippen molar-refractivity contribution in [2.75, 3.05) is 19.0 Å². The highest BCUT2D eigenvalue weighted by Gasteiger charge is 2.02. The Bertz CT molecular complexity index is 438. The third kappa shape index (κ3) is 4.39. The number of rotatable bonds is 6. The first-order valence-corrected chi connectivity index (χ1v) is 5.53. The van der Waals surface area contributed by atoms with E-state index in [2.05, 4.69) is 5.32 Å². The van der Waals surface area contributed by atoms with Gasteiger partial charge in [-0.2, -0.15) is 0 Å². The van der Waals surface area contributed by atoms with Crippen molar-refractivity contribution in [2.45, 2.75) is 6.42 Å². The summed E-state index contributed by atoms with van der Waals surface area (Å²) in [4.78, 5) is 11.4. The van der Waals surface area contributed by atoms with Crippen LogP contribution in [0.1, 0.15) is 12.0 Å². The topological polar surface area (TPSA) is 88.2 Å². The second-order valence-electron chi connectivity index (χ2n) is 3.66. The summed E-state index contributed by atoms with van der Waals surface area (Å²) >= 11 is 0. The van der Waals surface area contributed by atoms with Gasteiger partial charge in [-0.25, -0.2) is 0 Å². The lowest BCUT2D eigenvalue weighted by Crippen LogP contribution is -2.13. The molecule has 5 heteroatoms. The Labute approximate surface area is 106 Å². The molecular formula is C13H17N3O2. The molecule has 1 aromatic rings. The molecule has 0 fully saturated rings. The number of nitrogens with one attached hydrogen (secondary N) is 2. The van der Waals surface area contributed by atoms with Gasteiger partial charge in [-0.05, 0) is 23.8 Å². The molecule has 0 saturated heterocycles. The van der Waals surface area contributed by atoms with Crippen LogP contribution in [0.4, 0.5) is 5.69 Å². The molecule has 0 aliphatic heterocycles. The van der Waals surface area contributed by atoms with Gasteiger partial charge in [-0.15, -0.1) is 0 Å². The molecule has 5 nitrogen and oxygen atoms in total. The van der Waals surface area contributed by atoms with Gasteiger partial charge < -0.3 is 21.2 Å². The lowest BCUT2D eigenvalue weighted by atomic mass is 10.1. The highest BCUT2D eigenvalue weighted by Crippen LogP contribution is 2.13. The summed E-state index contributed by atoms with van der Waals surface area (Å²) in [7, 11) is 1.56. The average molecular weight is 247 g/mol. The molecule has 0 bridgehead atoms. The van der Waals surface area contributed by atoms with Crippen molar-refractivity contribution in [2.24, 2.45) is 5.73 Å². The van der Waals surface area contributed by atoms with E-state index in [1.165, 1.54) is 6.08 Å². The van der Waals surface area contributed by atoms with Gasteiger partial charge in [0.25, 0.3) is 0 Å². The summed E-state index contributed by atoms with van der Waals surface area (Å²) in [5, 5.41) is 9.68. The number of allylic oxidation sites excluding steroid dienone is 1. The number of methoxy groups -OCH3 is 1. The van der Waals surface area contributed by atoms with Crippen LogP contribution in [0.15, 0.2) is 30.3 Å². The maximum Gasteiger partial charge on any atom is 0.226 e. The van der Waals surface area contributed by atoms with Crippen LogP contribution in [-0.2, 0) is 9.53 Å². The fourth-order valence-corrected chi connectivity index (χ4v) is 1.35. The number of ether oxygens (including phenoxy) is 1. The maximum absolute atomic E-state index is 11.4. The molecule has 0 atom stereocenters. The number of carbonyl (C=O) groups is 1. The minimum absolute atomic E-state index is 0.0902. The molecular weight excluding hydrogens is 230 g/mol. The van der Waals surface area contributed by atoms with Crippen LogP contribution < -0.4 is 11.1 Å². The Balaban J connectivity index is 2.63. The van der Waals surface area contributed by atoms with E-state index in [0.29, 0.717) is 24.4 Å². The Morgan fingerprint density at radius 2 is 2.11 bits per heavy atom. The van der Waals surface area contributed by atoms with Crippen molar-refractivity contribution in [3.8, 4) is 0 Å². The molecule has 0 heterocycles. The second kappa shape index (κ2) is 7.24. The summed E-state index contributed by atoms with van der Waals surface area (Å²) in [6, 6.07) is 7.12. The SMILES string of the molecule is COCCC(=O)Nc1ccc(/C(N)=C/C=N)cc1. The zero-order chi connectivity index (χ0) is 13.4. The molecule has 1 rings (SSSR count). The van der Waals surface area contributed by atoms with Gasteiger partial charge in [0.15, 0.2) is 0 Å². The van der Waals surface area contributed by atoms with Crippen molar-refractivity contribution in [3.05, 3.63) is 35.9 Å². The highest BCUT2D eigenvalue weighted by atomic mass is 16.5. The van der Waals surface area contributed by atoms with Crippen LogP contribution in [0.3, 0.4) is 0 Å². The molecule has 4 N–H and O–H groups in total. The molecule has 18 heavy (non-hydrogen) atoms. The van der Waals surface area contributed by atoms with Crippen molar-refractivity contribution < 1.29 is 9.53 Å². The Kier molecular flexibility index (Phi) is 5.60. The zero-order valence-electron chi connectivity index (χ0n) is 10.3. The molecule has 1 aromatic carbocycles. The number of carbonyl (C=O) groups excluding carboxylic acids is 1. The quantitative estimate of drug-likeness (QED) is 0.667. The molecule has 0 spiro atoms. The van der Waals surface area contributed by atoms with Gasteiger partial charge in [-0.1, -0.05) is 12.1 Å². The summed E-state index contributed by atoms with van der Waals surface area (Å²) in [6.45, 7) is 0.402. The van der Waals surface area contributed by atoms with E-state index in [1.807, 2.05) is 0 Å². The average Bonchev–Trinajstić information content (AvgIpc) is 2.37. The van der Waals surface area contributed by atoms with E-state index < -0.39 is 0 Å². The van der Waals surface area contributed by atoms with Crippen LogP contribution in [0.25, 0.3) is 5.70 Å². The predicted octanol–water partition coefficient (Wildman–Crippen LogP) is 1.61. The largest absolute Gasteiger partial charge is 0.398 e. The van der Waals surface area contributed by atoms with E-state index in [-0.39, 0.29) is 5.91 Å². The van der Waals surface area contributed by atoms with Crippen LogP contribution >= 0.6 is 0 Å². The first kappa shape index (κ1) is 13.9. The summed E-state index contributed by atoms with van der Waals surface area (Å²) in [6.07, 6.45) is 2.97. The number of hydrogen-bond acceptors (Lipinski definition) is 4. The van der Waals surface area contributed by atoms with Crippen LogP contribution in [0.5, 0.6) is 0 Å². The fraction of sp³-hybridized carbons (Fsp3) is 0.231. The third-order valence-corrected chi connectivity index (χ3v) is 2.30. The van der Waals surface area contributed by atoms with E-state index in [0.717, 1.165) is 11.8 Å². The Morgan fingerprint density at radius 3 is 2.67 bits per heavy atom. The normalized spacial score (nSPS) is 11.1. The van der Waals surface area contributed by atoms with Gasteiger partial charge in [0.1, 0.15) is 0 Å². The second-order valence-corrected chi connectivity index (χ2v) is 3.66. The maximum atomic E-state index is 11.4. The van der Waals surface area contributed by atoms with Crippen LogP contribution in [0.2, 0.25) is 0 Å². The van der Waals surface area contributed by atoms with Gasteiger partial charge in [0, 0.05) is 24.7 Å². The van der Waals surface area contributed by atoms with Crippen LogP contribution in [0, 0.1) is 5.41 Å². The highest BCUT2D eigenvalue weighted by molar-refractivity contribution is 5.91. The molecule has 0 aliphatic rings. The van der Waals surface area contributed by atoms with Gasteiger partial charge in [-0.3, -0.25) is 4.79 Å². The predicted molar refractivity (Wildman–Crippen MR) is 72.5 cm³/mol. The molecule has 1 amide bonds. The number of benzene rings is 1. The number of amides is 1. The van der Waals surface area contributed by atoms with Crippen molar-refractivity contribution >= 4 is 23.5 Å². The molecule has 0 aliphatic carbocycles. The van der Waals surface area contributed by atoms with Gasteiger partial charge in [0.2, 0.25) is 5.91 Å². The fourth-order valence-electron chi connectivity index (χ4n) is 1.35. The lowest BCUT2D eigenvalue weighted by molar-refractivity contribution is -0.117. The standard InChI is InChI=1S/C13H17N3O2/c1-18-9-7-13(17)16-11-4-2-10(3-5-11)12(15)6-8-14/h2-6,8,14H,7,9,15H2,1H3,(H,16,17)/b12-6-,14-8?. The molecule has 0 unspecified atom stereocenters. The summed E-state index contributed by atoms with van der Waals surface area (Å²) < 4.78 is 4.82. The first-order valence-electron chi connectivity index (χ1n) is 5.53. The monoisotopic (exact) mass is 247 g/mol. The zero-order valence-corrected chi connectivity index (χ0v) is 10.3. The minimum Gasteiger partial charge on any atom is -0.398 e. The molecule has 0 saturated carbocycles. The first-order chi connectivity index (χ1) is 8.67. The van der Waals surface area contributed by atoms with E-state index in [4.69, 9.17) is 15.9 Å². The van der Waals surface area contributed by atoms with Gasteiger partial charge in [0.05, 0.1) is 13.0 Å². The molecule has 0 radical (unpaired) electrons. The number of hydrogen-bond donors (Lipinski definition) is 3. The van der Waals surface area contributed by atoms with Crippen molar-refractivity contribution in [3.63, 3.8) is 0 Å². The Morgan fingerprint density at radius 1 is 1.44 bits per heavy atom. The summed E-state index contributed by atoms with van der Waals surface area (Å²) in [5.41, 5.74) is 7.77. The third-order valence-electron chi connectivity index (χ3n) is 2.30. The van der Waals surface area contributed by atoms with E-state index in [1.54, 1.807) is 31.4 Å². The van der Waals surface area contributed by atoms with E-state index >= 15 is 0 Å². The smallest absolute Gasteiger partial charge is 0.226 e. The summed E-state index contributed by atoms with van der Waals surface area (Å²) in [5.74, 6) is -0.0902. The molecule has 0 aromatic heterocycles.